The average Bonchev–Trinajstić information content (AvgIpc) is 3.18. The molecule has 0 spiro atoms. The van der Waals surface area contributed by atoms with Gasteiger partial charge in [0.2, 0.25) is 0 Å². The van der Waals surface area contributed by atoms with E-state index in [0.29, 0.717) is 22.6 Å². The van der Waals surface area contributed by atoms with Crippen molar-refractivity contribution in [3.8, 4) is 5.69 Å². The number of aromatic nitrogens is 1. The molecular weight excluding hydrogens is 449 g/mol. The van der Waals surface area contributed by atoms with Crippen LogP contribution in [0.15, 0.2) is 47.2 Å². The molecule has 1 aromatic carbocycles. The summed E-state index contributed by atoms with van der Waals surface area (Å²) in [5, 5.41) is 0. The highest BCUT2D eigenvalue weighted by molar-refractivity contribution is 6.16. The SMILES string of the molecule is CCOC(=O)C1=C(C)N(CCOC)C(=O)C1=Cc1cc(C)n(-c2ccccc2C(F)(F)F)c1C. The number of benzene rings is 1. The fraction of sp³-hybridized carbons (Fsp3) is 0.360. The Morgan fingerprint density at radius 1 is 1.15 bits per heavy atom. The molecule has 0 atom stereocenters. The fourth-order valence-corrected chi connectivity index (χ4v) is 4.15. The van der Waals surface area contributed by atoms with Crippen molar-refractivity contribution in [1.82, 2.24) is 9.47 Å². The number of nitrogens with zero attached hydrogens (tertiary/aromatic N) is 2. The molecule has 0 saturated carbocycles. The number of alkyl halides is 3. The largest absolute Gasteiger partial charge is 0.462 e. The molecule has 1 aromatic heterocycles. The number of hydrogen-bond acceptors (Lipinski definition) is 4. The maximum absolute atomic E-state index is 13.6. The molecule has 1 aliphatic heterocycles. The van der Waals surface area contributed by atoms with Crippen LogP contribution in [0.4, 0.5) is 13.2 Å². The summed E-state index contributed by atoms with van der Waals surface area (Å²) in [6, 6.07) is 7.01. The highest BCUT2D eigenvalue weighted by Gasteiger charge is 2.38. The van der Waals surface area contributed by atoms with Gasteiger partial charge in [0.05, 0.1) is 35.6 Å². The Morgan fingerprint density at radius 3 is 2.44 bits per heavy atom. The van der Waals surface area contributed by atoms with Crippen molar-refractivity contribution in [2.45, 2.75) is 33.9 Å². The average molecular weight is 476 g/mol. The van der Waals surface area contributed by atoms with Crippen molar-refractivity contribution in [2.75, 3.05) is 26.9 Å². The van der Waals surface area contributed by atoms with Crippen molar-refractivity contribution in [1.29, 1.82) is 0 Å². The molecular formula is C25H27F3N2O4. The predicted molar refractivity (Wildman–Crippen MR) is 121 cm³/mol. The lowest BCUT2D eigenvalue weighted by molar-refractivity contribution is -0.138. The summed E-state index contributed by atoms with van der Waals surface area (Å²) < 4.78 is 52.7. The van der Waals surface area contributed by atoms with Gasteiger partial charge in [-0.25, -0.2) is 4.79 Å². The summed E-state index contributed by atoms with van der Waals surface area (Å²) in [5.41, 5.74) is 1.55. The summed E-state index contributed by atoms with van der Waals surface area (Å²) in [4.78, 5) is 27.3. The maximum Gasteiger partial charge on any atom is 0.418 e. The van der Waals surface area contributed by atoms with E-state index in [0.717, 1.165) is 6.07 Å². The highest BCUT2D eigenvalue weighted by atomic mass is 19.4. The Balaban J connectivity index is 2.15. The molecule has 1 aliphatic rings. The van der Waals surface area contributed by atoms with E-state index in [1.807, 2.05) is 0 Å². The number of allylic oxidation sites excluding steroid dienone is 1. The Labute approximate surface area is 196 Å². The molecule has 0 bridgehead atoms. The minimum Gasteiger partial charge on any atom is -0.462 e. The van der Waals surface area contributed by atoms with Gasteiger partial charge in [0.25, 0.3) is 5.91 Å². The van der Waals surface area contributed by atoms with Crippen LogP contribution in [0.1, 0.15) is 36.4 Å². The predicted octanol–water partition coefficient (Wildman–Crippen LogP) is 4.82. The van der Waals surface area contributed by atoms with Crippen LogP contribution in [0.2, 0.25) is 0 Å². The number of hydrogen-bond donors (Lipinski definition) is 0. The lowest BCUT2D eigenvalue weighted by Gasteiger charge is -2.17. The molecule has 0 fully saturated rings. The second-order valence-electron chi connectivity index (χ2n) is 7.87. The highest BCUT2D eigenvalue weighted by Crippen LogP contribution is 2.37. The first-order chi connectivity index (χ1) is 16.0. The minimum atomic E-state index is -4.53. The molecule has 2 aromatic rings. The van der Waals surface area contributed by atoms with Crippen LogP contribution in [-0.2, 0) is 25.2 Å². The fourth-order valence-electron chi connectivity index (χ4n) is 4.15. The van der Waals surface area contributed by atoms with Gasteiger partial charge < -0.3 is 18.9 Å². The van der Waals surface area contributed by atoms with Crippen LogP contribution in [0.5, 0.6) is 0 Å². The normalized spacial score (nSPS) is 15.6. The Morgan fingerprint density at radius 2 is 1.82 bits per heavy atom. The Bertz CT molecular complexity index is 1180. The van der Waals surface area contributed by atoms with E-state index in [9.17, 15) is 22.8 Å². The Hall–Kier alpha value is -3.33. The molecule has 1 amide bonds. The van der Waals surface area contributed by atoms with Gasteiger partial charge in [-0.2, -0.15) is 13.2 Å². The molecule has 2 heterocycles. The topological polar surface area (TPSA) is 60.8 Å². The molecule has 6 nitrogen and oxygen atoms in total. The van der Waals surface area contributed by atoms with Gasteiger partial charge in [-0.15, -0.1) is 0 Å². The van der Waals surface area contributed by atoms with E-state index in [-0.39, 0.29) is 36.6 Å². The second-order valence-corrected chi connectivity index (χ2v) is 7.87. The molecule has 0 N–H and O–H groups in total. The quantitative estimate of drug-likeness (QED) is 0.425. The van der Waals surface area contributed by atoms with E-state index in [1.54, 1.807) is 45.9 Å². The molecule has 0 aliphatic carbocycles. The third-order valence-electron chi connectivity index (χ3n) is 5.73. The zero-order chi connectivity index (χ0) is 25.2. The molecule has 3 rings (SSSR count). The van der Waals surface area contributed by atoms with E-state index < -0.39 is 23.6 Å². The molecule has 0 radical (unpaired) electrons. The first kappa shape index (κ1) is 25.3. The van der Waals surface area contributed by atoms with Gasteiger partial charge in [0, 0.05) is 30.7 Å². The van der Waals surface area contributed by atoms with Crippen molar-refractivity contribution in [3.63, 3.8) is 0 Å². The summed E-state index contributed by atoms with van der Waals surface area (Å²) in [6.07, 6.45) is -2.99. The van der Waals surface area contributed by atoms with E-state index in [4.69, 9.17) is 9.47 Å². The van der Waals surface area contributed by atoms with Crippen molar-refractivity contribution in [3.05, 3.63) is 69.7 Å². The van der Waals surface area contributed by atoms with Gasteiger partial charge >= 0.3 is 12.1 Å². The van der Waals surface area contributed by atoms with Crippen molar-refractivity contribution >= 4 is 18.0 Å². The number of para-hydroxylation sites is 1. The second kappa shape index (κ2) is 9.89. The van der Waals surface area contributed by atoms with Gasteiger partial charge in [-0.1, -0.05) is 12.1 Å². The summed E-state index contributed by atoms with van der Waals surface area (Å²) in [5.74, 6) is -1.02. The van der Waals surface area contributed by atoms with Crippen LogP contribution < -0.4 is 0 Å². The Kier molecular flexibility index (Phi) is 7.35. The number of carbonyl (C=O) groups is 2. The lowest BCUT2D eigenvalue weighted by Crippen LogP contribution is -2.28. The standard InChI is InChI=1S/C25H27F3N2O4/c1-6-34-24(32)22-17(4)29(11-12-33-5)23(31)19(22)14-18-13-15(2)30(16(18)3)21-10-8-7-9-20(21)25(26,27)28/h7-10,13-14H,6,11-12H2,1-5H3. The summed E-state index contributed by atoms with van der Waals surface area (Å²) >= 11 is 0. The van der Waals surface area contributed by atoms with Gasteiger partial charge in [-0.3, -0.25) is 4.79 Å². The third kappa shape index (κ3) is 4.65. The number of methoxy groups -OCH3 is 1. The molecule has 34 heavy (non-hydrogen) atoms. The molecule has 0 unspecified atom stereocenters. The maximum atomic E-state index is 13.6. The molecule has 182 valence electrons. The van der Waals surface area contributed by atoms with E-state index in [2.05, 4.69) is 0 Å². The number of amides is 1. The van der Waals surface area contributed by atoms with Crippen molar-refractivity contribution < 1.29 is 32.2 Å². The summed E-state index contributed by atoms with van der Waals surface area (Å²) in [6.45, 7) is 7.35. The van der Waals surface area contributed by atoms with Gasteiger partial charge in [-0.05, 0) is 57.5 Å². The van der Waals surface area contributed by atoms with Crippen LogP contribution in [0.3, 0.4) is 0 Å². The van der Waals surface area contributed by atoms with Crippen LogP contribution in [0.25, 0.3) is 11.8 Å². The number of aryl methyl sites for hydroxylation is 1. The number of esters is 1. The number of ether oxygens (including phenoxy) is 2. The monoisotopic (exact) mass is 476 g/mol. The van der Waals surface area contributed by atoms with Crippen LogP contribution in [-0.4, -0.2) is 48.2 Å². The van der Waals surface area contributed by atoms with Gasteiger partial charge in [0.1, 0.15) is 0 Å². The lowest BCUT2D eigenvalue weighted by atomic mass is 10.0. The van der Waals surface area contributed by atoms with Crippen molar-refractivity contribution in [2.24, 2.45) is 0 Å². The van der Waals surface area contributed by atoms with Gasteiger partial charge in [0.15, 0.2) is 0 Å². The van der Waals surface area contributed by atoms with E-state index in [1.165, 1.54) is 28.7 Å². The van der Waals surface area contributed by atoms with Crippen LogP contribution >= 0.6 is 0 Å². The molecule has 9 heteroatoms. The zero-order valence-corrected chi connectivity index (χ0v) is 19.7. The number of rotatable bonds is 7. The first-order valence-corrected chi connectivity index (χ1v) is 10.8. The molecule has 0 saturated heterocycles. The van der Waals surface area contributed by atoms with Crippen LogP contribution in [0, 0.1) is 13.8 Å². The third-order valence-corrected chi connectivity index (χ3v) is 5.73. The number of carbonyl (C=O) groups excluding carboxylic acids is 2. The van der Waals surface area contributed by atoms with E-state index >= 15 is 0 Å². The minimum absolute atomic E-state index is 0.00791. The summed E-state index contributed by atoms with van der Waals surface area (Å²) in [7, 11) is 1.51. The smallest absolute Gasteiger partial charge is 0.418 e. The first-order valence-electron chi connectivity index (χ1n) is 10.8. The zero-order valence-electron chi connectivity index (χ0n) is 19.7. The number of halogens is 3.